The smallest absolute Gasteiger partial charge is 0.364 e. The van der Waals surface area contributed by atoms with E-state index in [0.717, 1.165) is 12.1 Å². The molecule has 0 saturated carbocycles. The van der Waals surface area contributed by atoms with E-state index in [-0.39, 0.29) is 11.1 Å². The Morgan fingerprint density at radius 3 is 1.95 bits per heavy atom. The summed E-state index contributed by atoms with van der Waals surface area (Å²) >= 11 is 0. The van der Waals surface area contributed by atoms with E-state index in [1.807, 2.05) is 0 Å². The number of nitrogens with zero attached hydrogens (tertiary/aromatic N) is 1. The predicted octanol–water partition coefficient (Wildman–Crippen LogP) is 0.955. The Labute approximate surface area is 113 Å². The summed E-state index contributed by atoms with van der Waals surface area (Å²) in [6, 6.07) is 8.17. The van der Waals surface area contributed by atoms with Gasteiger partial charge >= 0.3 is 11.9 Å². The number of methoxy groups -OCH3 is 1. The Morgan fingerprint density at radius 2 is 1.45 bits per heavy atom. The molecular weight excluding hydrogens is 266 g/mol. The zero-order valence-electron chi connectivity index (χ0n) is 10.4. The Hall–Kier alpha value is -2.96. The van der Waals surface area contributed by atoms with E-state index in [2.05, 4.69) is 4.74 Å². The van der Waals surface area contributed by atoms with Gasteiger partial charge in [-0.1, -0.05) is 12.1 Å². The lowest BCUT2D eigenvalue weighted by Crippen LogP contribution is -2.21. The first kappa shape index (κ1) is 13.5. The number of hydrogen-bond acceptors (Lipinski definition) is 6. The van der Waals surface area contributed by atoms with Crippen molar-refractivity contribution in [2.24, 2.45) is 0 Å². The minimum absolute atomic E-state index is 0.0196. The van der Waals surface area contributed by atoms with E-state index in [9.17, 15) is 19.8 Å². The minimum Gasteiger partial charge on any atom is -0.492 e. The zero-order valence-corrected chi connectivity index (χ0v) is 10.4. The monoisotopic (exact) mass is 277 g/mol. The molecule has 2 aromatic rings. The van der Waals surface area contributed by atoms with Crippen LogP contribution in [0.3, 0.4) is 0 Å². The first-order chi connectivity index (χ1) is 9.54. The molecule has 1 aromatic carbocycles. The molecule has 0 aliphatic carbocycles. The Balaban J connectivity index is 2.33. The average Bonchev–Trinajstić information content (AvgIpc) is 2.78. The van der Waals surface area contributed by atoms with Gasteiger partial charge in [-0.3, -0.25) is 0 Å². The van der Waals surface area contributed by atoms with Crippen LogP contribution in [0.5, 0.6) is 11.8 Å². The van der Waals surface area contributed by atoms with Gasteiger partial charge in [-0.05, 0) is 12.1 Å². The molecule has 20 heavy (non-hydrogen) atoms. The van der Waals surface area contributed by atoms with E-state index in [1.54, 1.807) is 12.1 Å². The zero-order chi connectivity index (χ0) is 14.7. The van der Waals surface area contributed by atoms with Crippen molar-refractivity contribution in [1.29, 1.82) is 0 Å². The molecule has 0 aliphatic rings. The van der Waals surface area contributed by atoms with Crippen molar-refractivity contribution in [2.75, 3.05) is 7.11 Å². The van der Waals surface area contributed by atoms with Gasteiger partial charge in [-0.25, -0.2) is 9.59 Å². The third-order valence-corrected chi connectivity index (χ3v) is 2.52. The summed E-state index contributed by atoms with van der Waals surface area (Å²) in [6.07, 6.45) is 0. The summed E-state index contributed by atoms with van der Waals surface area (Å²) in [4.78, 5) is 28.3. The van der Waals surface area contributed by atoms with Crippen molar-refractivity contribution in [3.8, 4) is 11.8 Å². The van der Waals surface area contributed by atoms with E-state index < -0.39 is 23.7 Å². The lowest BCUT2D eigenvalue weighted by Gasteiger charge is -2.09. The lowest BCUT2D eigenvalue weighted by molar-refractivity contribution is 0.0373. The van der Waals surface area contributed by atoms with Crippen molar-refractivity contribution >= 4 is 11.9 Å². The standard InChI is InChI=1S/C13H11NO6/c1-19-12(17)8-4-2-3-5-9(8)13(18)20-14-10(15)6-7-11(14)16/h2-7,15-16H,1H3. The van der Waals surface area contributed by atoms with Crippen LogP contribution in [-0.4, -0.2) is 34.0 Å². The third kappa shape index (κ3) is 2.41. The molecule has 104 valence electrons. The van der Waals surface area contributed by atoms with Gasteiger partial charge in [-0.15, -0.1) is 4.73 Å². The molecular formula is C13H11NO6. The predicted molar refractivity (Wildman–Crippen MR) is 66.5 cm³/mol. The van der Waals surface area contributed by atoms with Gasteiger partial charge in [0.15, 0.2) is 0 Å². The maximum Gasteiger partial charge on any atom is 0.364 e. The number of carbonyl (C=O) groups is 2. The van der Waals surface area contributed by atoms with Crippen LogP contribution < -0.4 is 4.84 Å². The molecule has 0 fully saturated rings. The molecule has 2 rings (SSSR count). The first-order valence-corrected chi connectivity index (χ1v) is 5.54. The first-order valence-electron chi connectivity index (χ1n) is 5.54. The van der Waals surface area contributed by atoms with Crippen LogP contribution in [0.25, 0.3) is 0 Å². The number of carbonyl (C=O) groups excluding carboxylic acids is 2. The highest BCUT2D eigenvalue weighted by Gasteiger charge is 2.20. The van der Waals surface area contributed by atoms with Gasteiger partial charge in [0.25, 0.3) is 0 Å². The van der Waals surface area contributed by atoms with Crippen LogP contribution in [0.4, 0.5) is 0 Å². The fraction of sp³-hybridized carbons (Fsp3) is 0.0769. The molecule has 0 aliphatic heterocycles. The van der Waals surface area contributed by atoms with Crippen LogP contribution in [0, 0.1) is 0 Å². The Kier molecular flexibility index (Phi) is 3.60. The van der Waals surface area contributed by atoms with Gasteiger partial charge in [-0.2, -0.15) is 0 Å². The lowest BCUT2D eigenvalue weighted by atomic mass is 10.1. The normalized spacial score (nSPS) is 10.1. The molecule has 7 nitrogen and oxygen atoms in total. The largest absolute Gasteiger partial charge is 0.492 e. The molecule has 0 atom stereocenters. The maximum atomic E-state index is 12.0. The van der Waals surface area contributed by atoms with Crippen LogP contribution in [0.15, 0.2) is 36.4 Å². The summed E-state index contributed by atoms with van der Waals surface area (Å²) < 4.78 is 5.10. The molecule has 1 heterocycles. The van der Waals surface area contributed by atoms with Crippen molar-refractivity contribution < 1.29 is 29.4 Å². The summed E-state index contributed by atoms with van der Waals surface area (Å²) in [5.74, 6) is -2.52. The second-order valence-corrected chi connectivity index (χ2v) is 3.76. The van der Waals surface area contributed by atoms with E-state index in [0.29, 0.717) is 4.73 Å². The fourth-order valence-electron chi connectivity index (χ4n) is 1.58. The number of benzene rings is 1. The van der Waals surface area contributed by atoms with Gasteiger partial charge in [0.2, 0.25) is 11.8 Å². The van der Waals surface area contributed by atoms with Crippen LogP contribution in [0.1, 0.15) is 20.7 Å². The highest BCUT2D eigenvalue weighted by atomic mass is 16.7. The van der Waals surface area contributed by atoms with E-state index in [4.69, 9.17) is 4.84 Å². The second kappa shape index (κ2) is 5.35. The SMILES string of the molecule is COC(=O)c1ccccc1C(=O)On1c(O)ccc1O. The highest BCUT2D eigenvalue weighted by Crippen LogP contribution is 2.20. The molecule has 0 amide bonds. The molecule has 0 bridgehead atoms. The van der Waals surface area contributed by atoms with Gasteiger partial charge in [0.1, 0.15) is 0 Å². The van der Waals surface area contributed by atoms with Crippen LogP contribution in [-0.2, 0) is 4.74 Å². The van der Waals surface area contributed by atoms with E-state index >= 15 is 0 Å². The van der Waals surface area contributed by atoms with Gasteiger partial charge in [0.05, 0.1) is 18.2 Å². The molecule has 2 N–H and O–H groups in total. The van der Waals surface area contributed by atoms with Crippen LogP contribution in [0.2, 0.25) is 0 Å². The number of aromatic hydroxyl groups is 2. The average molecular weight is 277 g/mol. The molecule has 0 spiro atoms. The van der Waals surface area contributed by atoms with Crippen molar-refractivity contribution in [1.82, 2.24) is 4.73 Å². The summed E-state index contributed by atoms with van der Waals surface area (Å²) in [7, 11) is 1.19. The number of rotatable bonds is 3. The molecule has 0 saturated heterocycles. The number of esters is 1. The van der Waals surface area contributed by atoms with Crippen molar-refractivity contribution in [3.05, 3.63) is 47.5 Å². The quantitative estimate of drug-likeness (QED) is 0.811. The molecule has 0 unspecified atom stereocenters. The summed E-state index contributed by atoms with van der Waals surface area (Å²) in [5.41, 5.74) is -0.0296. The number of ether oxygens (including phenoxy) is 1. The Bertz CT molecular complexity index is 641. The summed E-state index contributed by atoms with van der Waals surface area (Å²) in [6.45, 7) is 0. The van der Waals surface area contributed by atoms with Gasteiger partial charge < -0.3 is 19.8 Å². The number of aromatic nitrogens is 1. The molecule has 0 radical (unpaired) electrons. The molecule has 7 heteroatoms. The number of hydrogen-bond donors (Lipinski definition) is 2. The third-order valence-electron chi connectivity index (χ3n) is 2.52. The Morgan fingerprint density at radius 1 is 0.950 bits per heavy atom. The topological polar surface area (TPSA) is 98.0 Å². The van der Waals surface area contributed by atoms with Crippen molar-refractivity contribution in [3.63, 3.8) is 0 Å². The fourth-order valence-corrected chi connectivity index (χ4v) is 1.58. The second-order valence-electron chi connectivity index (χ2n) is 3.76. The maximum absolute atomic E-state index is 12.0. The summed E-state index contributed by atoms with van der Waals surface area (Å²) in [5, 5.41) is 18.8. The van der Waals surface area contributed by atoms with Gasteiger partial charge in [0, 0.05) is 12.1 Å². The van der Waals surface area contributed by atoms with E-state index in [1.165, 1.54) is 19.2 Å². The highest BCUT2D eigenvalue weighted by molar-refractivity contribution is 6.03. The van der Waals surface area contributed by atoms with Crippen molar-refractivity contribution in [2.45, 2.75) is 0 Å². The minimum atomic E-state index is -0.923. The van der Waals surface area contributed by atoms with Crippen LogP contribution >= 0.6 is 0 Å². The molecule has 1 aromatic heterocycles.